The summed E-state index contributed by atoms with van der Waals surface area (Å²) in [6.07, 6.45) is -1.10. The molecule has 0 aromatic rings. The minimum absolute atomic E-state index is 0.129. The van der Waals surface area contributed by atoms with E-state index in [-0.39, 0.29) is 18.4 Å². The molecule has 2 aliphatic carbocycles. The molecule has 5 nitrogen and oxygen atoms in total. The highest BCUT2D eigenvalue weighted by Crippen LogP contribution is 2.65. The largest absolute Gasteiger partial charge is 0.395 e. The summed E-state index contributed by atoms with van der Waals surface area (Å²) in [7, 11) is 0. The van der Waals surface area contributed by atoms with Gasteiger partial charge < -0.3 is 25.2 Å². The standard InChI is InChI=1S/C15H26O5/c1-8-4-5-10(17)14(7-16)12(19)11(18)9-6-15(8,14)20-13(9,2)3/h8-12,16-19H,4-7H2,1-3H3/t8-,9+,10+,11-,12+,14+,15+/m1/s1. The van der Waals surface area contributed by atoms with Gasteiger partial charge in [0, 0.05) is 5.92 Å². The predicted octanol–water partition coefficient (Wildman–Crippen LogP) is 0.0452. The molecular formula is C15H26O5. The summed E-state index contributed by atoms with van der Waals surface area (Å²) < 4.78 is 6.34. The fourth-order valence-corrected chi connectivity index (χ4v) is 5.22. The van der Waals surface area contributed by atoms with Crippen LogP contribution in [0.3, 0.4) is 0 Å². The summed E-state index contributed by atoms with van der Waals surface area (Å²) in [6.45, 7) is 5.52. The molecule has 0 aromatic heterocycles. The van der Waals surface area contributed by atoms with Gasteiger partial charge in [0.25, 0.3) is 0 Å². The van der Waals surface area contributed by atoms with Gasteiger partial charge in [0.1, 0.15) is 0 Å². The van der Waals surface area contributed by atoms with Gasteiger partial charge in [-0.05, 0) is 39.0 Å². The first-order valence-corrected chi connectivity index (χ1v) is 7.58. The van der Waals surface area contributed by atoms with Gasteiger partial charge in [-0.15, -0.1) is 0 Å². The highest BCUT2D eigenvalue weighted by atomic mass is 16.5. The number of aliphatic hydroxyl groups is 4. The van der Waals surface area contributed by atoms with Crippen LogP contribution in [0, 0.1) is 17.3 Å². The van der Waals surface area contributed by atoms with Crippen molar-refractivity contribution in [3.8, 4) is 0 Å². The van der Waals surface area contributed by atoms with Crippen molar-refractivity contribution in [3.05, 3.63) is 0 Å². The average molecular weight is 286 g/mol. The minimum atomic E-state index is -1.19. The lowest BCUT2D eigenvalue weighted by molar-refractivity contribution is -0.283. The molecule has 3 rings (SSSR count). The average Bonchev–Trinajstić information content (AvgIpc) is 2.64. The van der Waals surface area contributed by atoms with Crippen LogP contribution in [0.25, 0.3) is 0 Å². The summed E-state index contributed by atoms with van der Waals surface area (Å²) in [5.41, 5.74) is -2.51. The zero-order chi connectivity index (χ0) is 14.9. The third kappa shape index (κ3) is 1.40. The second kappa shape index (κ2) is 4.17. The molecule has 3 aliphatic rings. The Balaban J connectivity index is 2.19. The molecular weight excluding hydrogens is 260 g/mol. The summed E-state index contributed by atoms with van der Waals surface area (Å²) >= 11 is 0. The van der Waals surface area contributed by atoms with Gasteiger partial charge >= 0.3 is 0 Å². The van der Waals surface area contributed by atoms with Crippen LogP contribution in [-0.2, 0) is 4.74 Å². The molecule has 2 bridgehead atoms. The third-order valence-electron chi connectivity index (χ3n) is 6.44. The Kier molecular flexibility index (Phi) is 3.07. The Morgan fingerprint density at radius 2 is 1.80 bits per heavy atom. The van der Waals surface area contributed by atoms with Crippen molar-refractivity contribution in [1.29, 1.82) is 0 Å². The van der Waals surface area contributed by atoms with Crippen LogP contribution >= 0.6 is 0 Å². The zero-order valence-corrected chi connectivity index (χ0v) is 12.4. The van der Waals surface area contributed by atoms with Crippen LogP contribution in [0.2, 0.25) is 0 Å². The zero-order valence-electron chi connectivity index (χ0n) is 12.4. The van der Waals surface area contributed by atoms with E-state index in [1.807, 2.05) is 13.8 Å². The lowest BCUT2D eigenvalue weighted by atomic mass is 9.49. The molecule has 5 heteroatoms. The molecule has 0 radical (unpaired) electrons. The maximum absolute atomic E-state index is 10.7. The van der Waals surface area contributed by atoms with E-state index in [1.54, 1.807) is 0 Å². The van der Waals surface area contributed by atoms with Crippen molar-refractivity contribution in [1.82, 2.24) is 0 Å². The molecule has 3 fully saturated rings. The molecule has 7 atom stereocenters. The molecule has 1 heterocycles. The van der Waals surface area contributed by atoms with E-state index in [1.165, 1.54) is 0 Å². The Hall–Kier alpha value is -0.200. The van der Waals surface area contributed by atoms with Gasteiger partial charge in [-0.25, -0.2) is 0 Å². The van der Waals surface area contributed by atoms with Crippen LogP contribution in [0.5, 0.6) is 0 Å². The predicted molar refractivity (Wildman–Crippen MR) is 71.9 cm³/mol. The highest BCUT2D eigenvalue weighted by Gasteiger charge is 2.75. The van der Waals surface area contributed by atoms with Crippen molar-refractivity contribution < 1.29 is 25.2 Å². The summed E-state index contributed by atoms with van der Waals surface area (Å²) in [4.78, 5) is 0. The van der Waals surface area contributed by atoms with Crippen molar-refractivity contribution in [2.24, 2.45) is 17.3 Å². The van der Waals surface area contributed by atoms with E-state index in [2.05, 4.69) is 6.92 Å². The smallest absolute Gasteiger partial charge is 0.0933 e. The molecule has 2 saturated carbocycles. The van der Waals surface area contributed by atoms with Crippen LogP contribution in [0.1, 0.15) is 40.0 Å². The number of aliphatic hydroxyl groups excluding tert-OH is 4. The number of rotatable bonds is 1. The second-order valence-electron chi connectivity index (χ2n) is 7.53. The highest BCUT2D eigenvalue weighted by molar-refractivity contribution is 5.23. The van der Waals surface area contributed by atoms with Crippen LogP contribution < -0.4 is 0 Å². The molecule has 0 unspecified atom stereocenters. The molecule has 0 amide bonds. The van der Waals surface area contributed by atoms with Gasteiger partial charge in [-0.1, -0.05) is 6.92 Å². The van der Waals surface area contributed by atoms with Gasteiger partial charge in [0.2, 0.25) is 0 Å². The SMILES string of the molecule is C[C@@H]1CC[C@H](O)[C@@]2(CO)[C@@H](O)[C@H](O)[C@@H]3C[C@]12OC3(C)C. The summed E-state index contributed by atoms with van der Waals surface area (Å²) in [5.74, 6) is -0.0469. The Bertz CT molecular complexity index is 411. The number of fused-ring (bicyclic) bond motifs is 1. The van der Waals surface area contributed by atoms with Crippen molar-refractivity contribution in [3.63, 3.8) is 0 Å². The van der Waals surface area contributed by atoms with Crippen molar-refractivity contribution >= 4 is 0 Å². The van der Waals surface area contributed by atoms with Crippen molar-refractivity contribution in [2.45, 2.75) is 69.5 Å². The fraction of sp³-hybridized carbons (Fsp3) is 1.00. The number of ether oxygens (including phenoxy) is 1. The van der Waals surface area contributed by atoms with E-state index < -0.39 is 34.9 Å². The van der Waals surface area contributed by atoms with Crippen LogP contribution in [0.4, 0.5) is 0 Å². The molecule has 4 N–H and O–H groups in total. The molecule has 1 spiro atoms. The molecule has 1 aliphatic heterocycles. The Labute approximate surface area is 119 Å². The summed E-state index contributed by atoms with van der Waals surface area (Å²) in [5, 5.41) is 41.7. The quantitative estimate of drug-likeness (QED) is 0.547. The van der Waals surface area contributed by atoms with Crippen LogP contribution in [-0.4, -0.2) is 56.5 Å². The monoisotopic (exact) mass is 286 g/mol. The van der Waals surface area contributed by atoms with E-state index in [0.717, 1.165) is 6.42 Å². The number of hydrogen-bond acceptors (Lipinski definition) is 5. The maximum atomic E-state index is 10.7. The number of hydrogen-bond donors (Lipinski definition) is 4. The lowest BCUT2D eigenvalue weighted by Crippen LogP contribution is -2.72. The molecule has 116 valence electrons. The Morgan fingerprint density at radius 3 is 2.40 bits per heavy atom. The van der Waals surface area contributed by atoms with E-state index in [9.17, 15) is 20.4 Å². The lowest BCUT2D eigenvalue weighted by Gasteiger charge is -2.60. The minimum Gasteiger partial charge on any atom is -0.395 e. The van der Waals surface area contributed by atoms with Gasteiger partial charge in [0.05, 0.1) is 41.5 Å². The normalized spacial score (nSPS) is 57.5. The van der Waals surface area contributed by atoms with Gasteiger partial charge in [0.15, 0.2) is 0 Å². The van der Waals surface area contributed by atoms with Crippen LogP contribution in [0.15, 0.2) is 0 Å². The molecule has 20 heavy (non-hydrogen) atoms. The van der Waals surface area contributed by atoms with E-state index in [0.29, 0.717) is 12.8 Å². The Morgan fingerprint density at radius 1 is 1.15 bits per heavy atom. The maximum Gasteiger partial charge on any atom is 0.0933 e. The fourth-order valence-electron chi connectivity index (χ4n) is 5.22. The van der Waals surface area contributed by atoms with Gasteiger partial charge in [-0.2, -0.15) is 0 Å². The van der Waals surface area contributed by atoms with E-state index >= 15 is 0 Å². The van der Waals surface area contributed by atoms with E-state index in [4.69, 9.17) is 4.74 Å². The van der Waals surface area contributed by atoms with Crippen molar-refractivity contribution in [2.75, 3.05) is 6.61 Å². The molecule has 1 saturated heterocycles. The first kappa shape index (κ1) is 14.7. The molecule has 0 aromatic carbocycles. The third-order valence-corrected chi connectivity index (χ3v) is 6.44. The first-order chi connectivity index (χ1) is 9.23. The first-order valence-electron chi connectivity index (χ1n) is 7.58. The van der Waals surface area contributed by atoms with Gasteiger partial charge in [-0.3, -0.25) is 0 Å². The second-order valence-corrected chi connectivity index (χ2v) is 7.53. The topological polar surface area (TPSA) is 90.2 Å². The summed E-state index contributed by atoms with van der Waals surface area (Å²) in [6, 6.07) is 0.